The zero-order valence-corrected chi connectivity index (χ0v) is 8.11. The van der Waals surface area contributed by atoms with Gasteiger partial charge in [0.25, 0.3) is 0 Å². The molecule has 76 valence electrons. The molecule has 0 unspecified atom stereocenters. The highest BCUT2D eigenvalue weighted by atomic mass is 32.3. The lowest BCUT2D eigenvalue weighted by molar-refractivity contribution is 0.112. The van der Waals surface area contributed by atoms with E-state index in [-0.39, 0.29) is 11.3 Å². The summed E-state index contributed by atoms with van der Waals surface area (Å²) in [7, 11) is -4.59. The molecule has 0 bridgehead atoms. The van der Waals surface area contributed by atoms with Gasteiger partial charge in [0, 0.05) is 0 Å². The highest BCUT2D eigenvalue weighted by molar-refractivity contribution is 7.81. The summed E-state index contributed by atoms with van der Waals surface area (Å²) in [4.78, 5) is 10.5. The average molecular weight is 216 g/mol. The van der Waals surface area contributed by atoms with Crippen LogP contribution in [0.4, 0.5) is 0 Å². The Morgan fingerprint density at radius 2 is 2.07 bits per heavy atom. The molecule has 0 saturated carbocycles. The maximum Gasteiger partial charge on any atom is 0.446 e. The van der Waals surface area contributed by atoms with Gasteiger partial charge in [0.2, 0.25) is 0 Å². The van der Waals surface area contributed by atoms with Crippen LogP contribution in [0, 0.1) is 6.92 Å². The molecular weight excluding hydrogens is 208 g/mol. The Labute approximate surface area is 81.3 Å². The molecule has 5 nitrogen and oxygen atoms in total. The molecule has 0 saturated heterocycles. The van der Waals surface area contributed by atoms with E-state index in [0.717, 1.165) is 0 Å². The van der Waals surface area contributed by atoms with Crippen molar-refractivity contribution in [1.29, 1.82) is 0 Å². The molecule has 0 amide bonds. The van der Waals surface area contributed by atoms with E-state index >= 15 is 0 Å². The van der Waals surface area contributed by atoms with E-state index in [1.807, 2.05) is 0 Å². The third-order valence-electron chi connectivity index (χ3n) is 1.49. The summed E-state index contributed by atoms with van der Waals surface area (Å²) in [5.74, 6) is -0.178. The Morgan fingerprint density at radius 1 is 1.43 bits per heavy atom. The predicted octanol–water partition coefficient (Wildman–Crippen LogP) is 0.989. The summed E-state index contributed by atoms with van der Waals surface area (Å²) in [5.41, 5.74) is 0.780. The SMILES string of the molecule is Cc1ccc(C=O)c(OS(=O)(=O)O)c1. The van der Waals surface area contributed by atoms with Gasteiger partial charge in [-0.3, -0.25) is 9.35 Å². The van der Waals surface area contributed by atoms with Crippen molar-refractivity contribution >= 4 is 16.7 Å². The number of hydrogen-bond acceptors (Lipinski definition) is 4. The quantitative estimate of drug-likeness (QED) is 0.602. The summed E-state index contributed by atoms with van der Waals surface area (Å²) in [6.45, 7) is 1.70. The van der Waals surface area contributed by atoms with Crippen LogP contribution in [0.5, 0.6) is 5.75 Å². The highest BCUT2D eigenvalue weighted by Crippen LogP contribution is 2.19. The van der Waals surface area contributed by atoms with Gasteiger partial charge < -0.3 is 4.18 Å². The fourth-order valence-corrected chi connectivity index (χ4v) is 1.30. The Kier molecular flexibility index (Phi) is 2.87. The fraction of sp³-hybridized carbons (Fsp3) is 0.125. The molecule has 6 heteroatoms. The number of aryl methyl sites for hydroxylation is 1. The summed E-state index contributed by atoms with van der Waals surface area (Å²) in [6.07, 6.45) is 0.444. The molecular formula is C8H8O5S. The number of carbonyl (C=O) groups excluding carboxylic acids is 1. The van der Waals surface area contributed by atoms with Crippen molar-refractivity contribution in [2.75, 3.05) is 0 Å². The first-order valence-electron chi connectivity index (χ1n) is 3.65. The molecule has 0 aliphatic heterocycles. The normalized spacial score (nSPS) is 11.0. The first-order chi connectivity index (χ1) is 6.42. The lowest BCUT2D eigenvalue weighted by Crippen LogP contribution is -2.08. The van der Waals surface area contributed by atoms with Crippen molar-refractivity contribution < 1.29 is 21.9 Å². The van der Waals surface area contributed by atoms with Gasteiger partial charge in [-0.2, -0.15) is 8.42 Å². The van der Waals surface area contributed by atoms with E-state index in [9.17, 15) is 13.2 Å². The Bertz CT molecular complexity index is 449. The molecule has 1 aromatic rings. The molecule has 0 heterocycles. The van der Waals surface area contributed by atoms with Crippen molar-refractivity contribution in [2.24, 2.45) is 0 Å². The number of benzene rings is 1. The monoisotopic (exact) mass is 216 g/mol. The van der Waals surface area contributed by atoms with E-state index in [4.69, 9.17) is 4.55 Å². The van der Waals surface area contributed by atoms with Crippen molar-refractivity contribution in [3.8, 4) is 5.75 Å². The van der Waals surface area contributed by atoms with Crippen LogP contribution < -0.4 is 4.18 Å². The van der Waals surface area contributed by atoms with Crippen LogP contribution >= 0.6 is 0 Å². The van der Waals surface area contributed by atoms with Crippen molar-refractivity contribution in [1.82, 2.24) is 0 Å². The molecule has 0 fully saturated rings. The van der Waals surface area contributed by atoms with Crippen LogP contribution in [-0.4, -0.2) is 19.3 Å². The van der Waals surface area contributed by atoms with Gasteiger partial charge in [0.1, 0.15) is 0 Å². The number of rotatable bonds is 3. The first-order valence-corrected chi connectivity index (χ1v) is 5.01. The largest absolute Gasteiger partial charge is 0.446 e. The van der Waals surface area contributed by atoms with Gasteiger partial charge in [-0.25, -0.2) is 0 Å². The minimum Gasteiger partial charge on any atom is -0.361 e. The van der Waals surface area contributed by atoms with Gasteiger partial charge in [-0.1, -0.05) is 6.07 Å². The van der Waals surface area contributed by atoms with Crippen molar-refractivity contribution in [2.45, 2.75) is 6.92 Å². The van der Waals surface area contributed by atoms with E-state index in [1.54, 1.807) is 13.0 Å². The second-order valence-electron chi connectivity index (χ2n) is 2.67. The molecule has 0 aromatic heterocycles. The van der Waals surface area contributed by atoms with Gasteiger partial charge in [-0.05, 0) is 24.6 Å². The van der Waals surface area contributed by atoms with Crippen LogP contribution in [0.1, 0.15) is 15.9 Å². The first kappa shape index (κ1) is 10.7. The minimum atomic E-state index is -4.59. The van der Waals surface area contributed by atoms with Gasteiger partial charge >= 0.3 is 10.4 Å². The fourth-order valence-electron chi connectivity index (χ4n) is 0.925. The molecule has 0 spiro atoms. The molecule has 1 aromatic carbocycles. The Balaban J connectivity index is 3.18. The number of carbonyl (C=O) groups is 1. The van der Waals surface area contributed by atoms with Crippen LogP contribution in [0.3, 0.4) is 0 Å². The molecule has 1 N–H and O–H groups in total. The molecule has 1 rings (SSSR count). The average Bonchev–Trinajstić information content (AvgIpc) is 2.01. The Morgan fingerprint density at radius 3 is 2.57 bits per heavy atom. The second kappa shape index (κ2) is 3.77. The maximum atomic E-state index is 10.5. The zero-order valence-electron chi connectivity index (χ0n) is 7.30. The summed E-state index contributed by atoms with van der Waals surface area (Å²) >= 11 is 0. The molecule has 0 atom stereocenters. The van der Waals surface area contributed by atoms with E-state index < -0.39 is 10.4 Å². The predicted molar refractivity (Wildman–Crippen MR) is 48.7 cm³/mol. The van der Waals surface area contributed by atoms with Crippen molar-refractivity contribution in [3.05, 3.63) is 29.3 Å². The third-order valence-corrected chi connectivity index (χ3v) is 1.88. The van der Waals surface area contributed by atoms with Gasteiger partial charge in [-0.15, -0.1) is 0 Å². The van der Waals surface area contributed by atoms with Crippen LogP contribution in [-0.2, 0) is 10.4 Å². The highest BCUT2D eigenvalue weighted by Gasteiger charge is 2.11. The van der Waals surface area contributed by atoms with Crippen LogP contribution in [0.25, 0.3) is 0 Å². The van der Waals surface area contributed by atoms with Crippen LogP contribution in [0.2, 0.25) is 0 Å². The number of hydrogen-bond donors (Lipinski definition) is 1. The van der Waals surface area contributed by atoms with Crippen molar-refractivity contribution in [3.63, 3.8) is 0 Å². The van der Waals surface area contributed by atoms with Crippen LogP contribution in [0.15, 0.2) is 18.2 Å². The third kappa shape index (κ3) is 2.82. The zero-order chi connectivity index (χ0) is 10.8. The summed E-state index contributed by atoms with van der Waals surface area (Å²) in [6, 6.07) is 4.38. The number of aldehydes is 1. The molecule has 0 aliphatic carbocycles. The van der Waals surface area contributed by atoms with E-state index in [0.29, 0.717) is 11.8 Å². The standard InChI is InChI=1S/C8H8O5S/c1-6-2-3-7(5-9)8(4-6)13-14(10,11)12/h2-5H,1H3,(H,10,11,12). The summed E-state index contributed by atoms with van der Waals surface area (Å²) in [5, 5.41) is 0. The van der Waals surface area contributed by atoms with E-state index in [2.05, 4.69) is 4.18 Å². The topological polar surface area (TPSA) is 80.7 Å². The van der Waals surface area contributed by atoms with E-state index in [1.165, 1.54) is 12.1 Å². The molecule has 14 heavy (non-hydrogen) atoms. The molecule has 0 aliphatic rings. The smallest absolute Gasteiger partial charge is 0.361 e. The van der Waals surface area contributed by atoms with Gasteiger partial charge in [0.05, 0.1) is 5.56 Å². The Hall–Kier alpha value is -1.40. The second-order valence-corrected chi connectivity index (χ2v) is 3.69. The minimum absolute atomic E-state index is 0.0632. The lowest BCUT2D eigenvalue weighted by Gasteiger charge is -2.04. The summed E-state index contributed by atoms with van der Waals surface area (Å²) < 4.78 is 33.4. The molecule has 0 radical (unpaired) electrons. The lowest BCUT2D eigenvalue weighted by atomic mass is 10.1. The maximum absolute atomic E-state index is 10.5. The van der Waals surface area contributed by atoms with Gasteiger partial charge in [0.15, 0.2) is 12.0 Å².